The summed E-state index contributed by atoms with van der Waals surface area (Å²) in [6.45, 7) is 4.66. The van der Waals surface area contributed by atoms with Crippen LogP contribution in [0, 0.1) is 5.82 Å². The summed E-state index contributed by atoms with van der Waals surface area (Å²) in [4.78, 5) is 8.70. The summed E-state index contributed by atoms with van der Waals surface area (Å²) in [5.41, 5.74) is 7.57. The second-order valence-corrected chi connectivity index (χ2v) is 5.47. The van der Waals surface area contributed by atoms with E-state index in [4.69, 9.17) is 5.73 Å². The molecule has 1 fully saturated rings. The van der Waals surface area contributed by atoms with E-state index in [1.807, 2.05) is 12.1 Å². The fourth-order valence-electron chi connectivity index (χ4n) is 2.78. The molecule has 0 aliphatic carbocycles. The fraction of sp³-hybridized carbons (Fsp3) is 0.400. The summed E-state index contributed by atoms with van der Waals surface area (Å²) in [5.74, 6) is -0.287. The van der Waals surface area contributed by atoms with Crippen molar-refractivity contribution < 1.29 is 4.39 Å². The largest absolute Gasteiger partial charge is 0.398 e. The molecule has 1 atom stereocenters. The maximum atomic E-state index is 14.4. The highest BCUT2D eigenvalue weighted by molar-refractivity contribution is 5.98. The lowest BCUT2D eigenvalue weighted by Crippen LogP contribution is -2.50. The zero-order valence-electron chi connectivity index (χ0n) is 11.8. The summed E-state index contributed by atoms with van der Waals surface area (Å²) in [6, 6.07) is 5.51. The Bertz CT molecular complexity index is 643. The van der Waals surface area contributed by atoms with Crippen molar-refractivity contribution >= 4 is 22.3 Å². The third-order valence-electron chi connectivity index (χ3n) is 4.13. The zero-order valence-corrected chi connectivity index (χ0v) is 11.8. The number of hydrogen-bond donors (Lipinski definition) is 1. The first kappa shape index (κ1) is 13.1. The minimum atomic E-state index is -0.287. The molecule has 4 nitrogen and oxygen atoms in total. The molecule has 2 aromatic rings. The third-order valence-corrected chi connectivity index (χ3v) is 4.13. The topological polar surface area (TPSA) is 45.4 Å². The van der Waals surface area contributed by atoms with Crippen LogP contribution in [0.1, 0.15) is 6.92 Å². The number of aromatic nitrogens is 1. The Morgan fingerprint density at radius 3 is 2.95 bits per heavy atom. The Kier molecular flexibility index (Phi) is 3.22. The van der Waals surface area contributed by atoms with Crippen LogP contribution in [-0.2, 0) is 0 Å². The highest BCUT2D eigenvalue weighted by Crippen LogP contribution is 2.33. The lowest BCUT2D eigenvalue weighted by Gasteiger charge is -2.39. The number of pyridine rings is 1. The van der Waals surface area contributed by atoms with E-state index in [2.05, 4.69) is 28.8 Å². The Morgan fingerprint density at radius 1 is 1.40 bits per heavy atom. The lowest BCUT2D eigenvalue weighted by molar-refractivity contribution is 0.233. The number of fused-ring (bicyclic) bond motifs is 1. The molecule has 1 aliphatic rings. The van der Waals surface area contributed by atoms with Gasteiger partial charge in [0, 0.05) is 42.9 Å². The molecule has 106 valence electrons. The van der Waals surface area contributed by atoms with Gasteiger partial charge in [-0.05, 0) is 32.2 Å². The fourth-order valence-corrected chi connectivity index (χ4v) is 2.78. The van der Waals surface area contributed by atoms with E-state index in [1.54, 1.807) is 6.20 Å². The first-order valence-electron chi connectivity index (χ1n) is 6.86. The van der Waals surface area contributed by atoms with Gasteiger partial charge < -0.3 is 15.5 Å². The Morgan fingerprint density at radius 2 is 2.20 bits per heavy atom. The van der Waals surface area contributed by atoms with Gasteiger partial charge >= 0.3 is 0 Å². The summed E-state index contributed by atoms with van der Waals surface area (Å²) >= 11 is 0. The molecular formula is C15H19FN4. The number of likely N-dealkylation sites (N-methyl/N-ethyl adjacent to an activating group) is 1. The molecule has 3 rings (SSSR count). The number of nitrogens with zero attached hydrogens (tertiary/aromatic N) is 3. The molecule has 1 aromatic carbocycles. The van der Waals surface area contributed by atoms with E-state index in [0.29, 0.717) is 22.9 Å². The molecule has 20 heavy (non-hydrogen) atoms. The monoisotopic (exact) mass is 274 g/mol. The van der Waals surface area contributed by atoms with Crippen molar-refractivity contribution in [2.75, 3.05) is 37.3 Å². The van der Waals surface area contributed by atoms with E-state index in [-0.39, 0.29) is 5.82 Å². The molecule has 1 aromatic heterocycles. The van der Waals surface area contributed by atoms with Crippen molar-refractivity contribution in [3.63, 3.8) is 0 Å². The summed E-state index contributed by atoms with van der Waals surface area (Å²) < 4.78 is 14.4. The summed E-state index contributed by atoms with van der Waals surface area (Å²) in [7, 11) is 2.09. The average Bonchev–Trinajstić information content (AvgIpc) is 2.43. The van der Waals surface area contributed by atoms with Gasteiger partial charge in [0.1, 0.15) is 0 Å². The number of nitrogens with two attached hydrogens (primary N) is 1. The number of rotatable bonds is 1. The molecule has 2 N–H and O–H groups in total. The standard InChI is InChI=1S/C15H19FN4/c1-10-9-20(7-6-19(10)2)15-12(16)8-13(17)11-4-3-5-18-14(11)15/h3-5,8,10H,6-7,9,17H2,1-2H3. The van der Waals surface area contributed by atoms with Gasteiger partial charge in [0.05, 0.1) is 11.2 Å². The third kappa shape index (κ3) is 2.08. The minimum absolute atomic E-state index is 0.287. The van der Waals surface area contributed by atoms with Gasteiger partial charge in [0.25, 0.3) is 0 Å². The van der Waals surface area contributed by atoms with Crippen LogP contribution in [0.3, 0.4) is 0 Å². The minimum Gasteiger partial charge on any atom is -0.398 e. The van der Waals surface area contributed by atoms with Gasteiger partial charge in [-0.2, -0.15) is 0 Å². The molecule has 5 heteroatoms. The van der Waals surface area contributed by atoms with Crippen molar-refractivity contribution in [3.05, 3.63) is 30.2 Å². The SMILES string of the molecule is CC1CN(c2c(F)cc(N)c3cccnc23)CCN1C. The maximum absolute atomic E-state index is 14.4. The number of hydrogen-bond acceptors (Lipinski definition) is 4. The average molecular weight is 274 g/mol. The van der Waals surface area contributed by atoms with E-state index in [0.717, 1.165) is 25.0 Å². The van der Waals surface area contributed by atoms with Crippen LogP contribution in [0.5, 0.6) is 0 Å². The molecule has 0 saturated carbocycles. The maximum Gasteiger partial charge on any atom is 0.150 e. The Hall–Kier alpha value is -1.88. The van der Waals surface area contributed by atoms with Crippen LogP contribution in [0.15, 0.2) is 24.4 Å². The van der Waals surface area contributed by atoms with Gasteiger partial charge in [0.2, 0.25) is 0 Å². The van der Waals surface area contributed by atoms with Gasteiger partial charge in [0.15, 0.2) is 5.82 Å². The van der Waals surface area contributed by atoms with Gasteiger partial charge in [-0.25, -0.2) is 4.39 Å². The molecule has 2 heterocycles. The molecule has 0 amide bonds. The van der Waals surface area contributed by atoms with Crippen molar-refractivity contribution in [1.29, 1.82) is 0 Å². The predicted molar refractivity (Wildman–Crippen MR) is 80.4 cm³/mol. The normalized spacial score (nSPS) is 20.6. The summed E-state index contributed by atoms with van der Waals surface area (Å²) in [5, 5.41) is 0.815. The van der Waals surface area contributed by atoms with E-state index < -0.39 is 0 Å². The highest BCUT2D eigenvalue weighted by atomic mass is 19.1. The quantitative estimate of drug-likeness (QED) is 0.809. The Labute approximate surface area is 118 Å². The molecule has 1 unspecified atom stereocenters. The highest BCUT2D eigenvalue weighted by Gasteiger charge is 2.25. The Balaban J connectivity index is 2.11. The van der Waals surface area contributed by atoms with E-state index in [1.165, 1.54) is 6.07 Å². The number of halogens is 1. The van der Waals surface area contributed by atoms with Crippen molar-refractivity contribution in [2.24, 2.45) is 0 Å². The zero-order chi connectivity index (χ0) is 14.3. The van der Waals surface area contributed by atoms with Crippen molar-refractivity contribution in [2.45, 2.75) is 13.0 Å². The predicted octanol–water partition coefficient (Wildman–Crippen LogP) is 2.10. The lowest BCUT2D eigenvalue weighted by atomic mass is 10.1. The number of piperazine rings is 1. The molecule has 1 saturated heterocycles. The number of nitrogen functional groups attached to an aromatic ring is 1. The van der Waals surface area contributed by atoms with Gasteiger partial charge in [-0.1, -0.05) is 0 Å². The molecule has 1 aliphatic heterocycles. The molecule has 0 radical (unpaired) electrons. The second kappa shape index (κ2) is 4.90. The second-order valence-electron chi connectivity index (χ2n) is 5.47. The van der Waals surface area contributed by atoms with Crippen LogP contribution in [-0.4, -0.2) is 42.6 Å². The van der Waals surface area contributed by atoms with E-state index >= 15 is 0 Å². The summed E-state index contributed by atoms with van der Waals surface area (Å²) in [6.07, 6.45) is 1.68. The molecule has 0 bridgehead atoms. The smallest absolute Gasteiger partial charge is 0.150 e. The first-order chi connectivity index (χ1) is 9.58. The van der Waals surface area contributed by atoms with Gasteiger partial charge in [-0.3, -0.25) is 4.98 Å². The van der Waals surface area contributed by atoms with Crippen LogP contribution >= 0.6 is 0 Å². The number of benzene rings is 1. The van der Waals surface area contributed by atoms with Crippen molar-refractivity contribution in [1.82, 2.24) is 9.88 Å². The van der Waals surface area contributed by atoms with Gasteiger partial charge in [-0.15, -0.1) is 0 Å². The number of anilines is 2. The van der Waals surface area contributed by atoms with Crippen molar-refractivity contribution in [3.8, 4) is 0 Å². The van der Waals surface area contributed by atoms with Crippen LogP contribution in [0.25, 0.3) is 10.9 Å². The molecular weight excluding hydrogens is 255 g/mol. The molecule has 0 spiro atoms. The van der Waals surface area contributed by atoms with Crippen LogP contribution in [0.2, 0.25) is 0 Å². The van der Waals surface area contributed by atoms with Crippen LogP contribution in [0.4, 0.5) is 15.8 Å². The first-order valence-corrected chi connectivity index (χ1v) is 6.86. The van der Waals surface area contributed by atoms with Crippen LogP contribution < -0.4 is 10.6 Å². The van der Waals surface area contributed by atoms with E-state index in [9.17, 15) is 4.39 Å².